The van der Waals surface area contributed by atoms with Gasteiger partial charge in [0.1, 0.15) is 5.82 Å². The quantitative estimate of drug-likeness (QED) is 0.689. The second kappa shape index (κ2) is 4.69. The second-order valence-electron chi connectivity index (χ2n) is 3.41. The third-order valence-electron chi connectivity index (χ3n) is 2.33. The van der Waals surface area contributed by atoms with Gasteiger partial charge in [0, 0.05) is 26.5 Å². The first kappa shape index (κ1) is 11.2. The molecule has 90 valence electrons. The van der Waals surface area contributed by atoms with Crippen LogP contribution >= 0.6 is 0 Å². The molecule has 2 heterocycles. The summed E-state index contributed by atoms with van der Waals surface area (Å²) in [5.41, 5.74) is 0.688. The molecule has 3 N–H and O–H groups in total. The van der Waals surface area contributed by atoms with Gasteiger partial charge >= 0.3 is 0 Å². The van der Waals surface area contributed by atoms with Crippen LogP contribution in [0.4, 0.5) is 11.6 Å². The van der Waals surface area contributed by atoms with Crippen molar-refractivity contribution in [2.45, 2.75) is 0 Å². The largest absolute Gasteiger partial charge is 0.372 e. The average molecular weight is 234 g/mol. The summed E-state index contributed by atoms with van der Waals surface area (Å²) in [6, 6.07) is 0. The summed E-state index contributed by atoms with van der Waals surface area (Å²) >= 11 is 0. The fraction of sp³-hybridized carbons (Fsp3) is 0.300. The Hall–Kier alpha value is -2.31. The van der Waals surface area contributed by atoms with E-state index in [-0.39, 0.29) is 12.5 Å². The number of imidazole rings is 1. The van der Waals surface area contributed by atoms with Gasteiger partial charge in [0.25, 0.3) is 0 Å². The van der Waals surface area contributed by atoms with Crippen LogP contribution in [0, 0.1) is 0 Å². The molecule has 0 saturated carbocycles. The van der Waals surface area contributed by atoms with Crippen LogP contribution in [0.5, 0.6) is 0 Å². The number of amides is 1. The summed E-state index contributed by atoms with van der Waals surface area (Å²) in [5.74, 6) is 1.17. The lowest BCUT2D eigenvalue weighted by molar-refractivity contribution is -0.118. The molecule has 0 aromatic carbocycles. The number of hydrogen-bond donors (Lipinski definition) is 3. The Morgan fingerprint density at radius 2 is 2.29 bits per heavy atom. The molecule has 7 nitrogen and oxygen atoms in total. The zero-order valence-electron chi connectivity index (χ0n) is 9.69. The minimum atomic E-state index is -0.105. The average Bonchev–Trinajstić information content (AvgIpc) is 2.83. The van der Waals surface area contributed by atoms with Gasteiger partial charge < -0.3 is 20.4 Å². The smallest absolute Gasteiger partial charge is 0.239 e. The van der Waals surface area contributed by atoms with E-state index in [1.54, 1.807) is 20.3 Å². The number of rotatable bonds is 4. The third-order valence-corrected chi connectivity index (χ3v) is 2.33. The maximum Gasteiger partial charge on any atom is 0.239 e. The molecule has 0 aliphatic rings. The van der Waals surface area contributed by atoms with Gasteiger partial charge in [0.15, 0.2) is 11.5 Å². The van der Waals surface area contributed by atoms with E-state index < -0.39 is 0 Å². The molecule has 0 atom stereocenters. The van der Waals surface area contributed by atoms with Crippen molar-refractivity contribution in [2.24, 2.45) is 0 Å². The van der Waals surface area contributed by atoms with Crippen molar-refractivity contribution in [3.8, 4) is 0 Å². The number of nitrogens with one attached hydrogen (secondary N) is 3. The van der Waals surface area contributed by atoms with Crippen LogP contribution in [-0.2, 0) is 4.79 Å². The van der Waals surface area contributed by atoms with Crippen molar-refractivity contribution in [1.82, 2.24) is 19.7 Å². The molecular weight excluding hydrogens is 220 g/mol. The number of anilines is 2. The molecular formula is C10H14N6O. The molecule has 7 heteroatoms. The molecule has 0 fully saturated rings. The van der Waals surface area contributed by atoms with Gasteiger partial charge in [-0.2, -0.15) is 0 Å². The van der Waals surface area contributed by atoms with E-state index in [2.05, 4.69) is 25.9 Å². The predicted octanol–water partition coefficient (Wildman–Crippen LogP) is -0.0711. The Labute approximate surface area is 98.3 Å². The molecule has 17 heavy (non-hydrogen) atoms. The van der Waals surface area contributed by atoms with Gasteiger partial charge in [-0.05, 0) is 0 Å². The number of carbonyl (C=O) groups excluding carboxylic acids is 1. The maximum absolute atomic E-state index is 11.2. The third kappa shape index (κ3) is 2.27. The number of carbonyl (C=O) groups is 1. The minimum Gasteiger partial charge on any atom is -0.372 e. The topological polar surface area (TPSA) is 83.3 Å². The van der Waals surface area contributed by atoms with Gasteiger partial charge in [0.05, 0.1) is 12.7 Å². The highest BCUT2D eigenvalue weighted by atomic mass is 16.1. The van der Waals surface area contributed by atoms with E-state index in [0.29, 0.717) is 17.3 Å². The molecule has 1 amide bonds. The Kier molecular flexibility index (Phi) is 3.08. The number of fused-ring (bicyclic) bond motifs is 1. The van der Waals surface area contributed by atoms with Crippen LogP contribution in [0.25, 0.3) is 5.65 Å². The summed E-state index contributed by atoms with van der Waals surface area (Å²) in [6.07, 6.45) is 5.33. The fourth-order valence-electron chi connectivity index (χ4n) is 1.42. The molecule has 0 aliphatic carbocycles. The van der Waals surface area contributed by atoms with Crippen LogP contribution in [0.3, 0.4) is 0 Å². The van der Waals surface area contributed by atoms with Crippen LogP contribution in [0.2, 0.25) is 0 Å². The Morgan fingerprint density at radius 3 is 3.00 bits per heavy atom. The molecule has 0 radical (unpaired) electrons. The first-order valence-electron chi connectivity index (χ1n) is 5.20. The van der Waals surface area contributed by atoms with Crippen molar-refractivity contribution in [3.05, 3.63) is 18.6 Å². The first-order valence-corrected chi connectivity index (χ1v) is 5.20. The summed E-state index contributed by atoms with van der Waals surface area (Å²) < 4.78 is 1.84. The van der Waals surface area contributed by atoms with Gasteiger partial charge in [-0.1, -0.05) is 0 Å². The van der Waals surface area contributed by atoms with Crippen LogP contribution < -0.4 is 16.0 Å². The monoisotopic (exact) mass is 234 g/mol. The highest BCUT2D eigenvalue weighted by molar-refractivity contribution is 5.81. The van der Waals surface area contributed by atoms with E-state index in [9.17, 15) is 4.79 Å². The number of hydrogen-bond acceptors (Lipinski definition) is 5. The lowest BCUT2D eigenvalue weighted by Crippen LogP contribution is -2.26. The van der Waals surface area contributed by atoms with E-state index in [1.807, 2.05) is 16.8 Å². The molecule has 0 bridgehead atoms. The number of likely N-dealkylation sites (N-methyl/N-ethyl adjacent to an activating group) is 1. The van der Waals surface area contributed by atoms with E-state index in [4.69, 9.17) is 0 Å². The van der Waals surface area contributed by atoms with E-state index in [0.717, 1.165) is 0 Å². The zero-order valence-corrected chi connectivity index (χ0v) is 9.69. The second-order valence-corrected chi connectivity index (χ2v) is 3.41. The fourth-order valence-corrected chi connectivity index (χ4v) is 1.42. The SMILES string of the molecule is CNC(=O)CNc1nc(NC)cn2ccnc12. The Bertz CT molecular complexity index is 535. The first-order chi connectivity index (χ1) is 8.24. The van der Waals surface area contributed by atoms with E-state index in [1.165, 1.54) is 0 Å². The van der Waals surface area contributed by atoms with Gasteiger partial charge in [-0.25, -0.2) is 9.97 Å². The Morgan fingerprint density at radius 1 is 1.47 bits per heavy atom. The Balaban J connectivity index is 2.30. The highest BCUT2D eigenvalue weighted by Crippen LogP contribution is 2.15. The predicted molar refractivity (Wildman–Crippen MR) is 65.1 cm³/mol. The summed E-state index contributed by atoms with van der Waals surface area (Å²) in [6.45, 7) is 0.166. The van der Waals surface area contributed by atoms with Crippen molar-refractivity contribution >= 4 is 23.2 Å². The maximum atomic E-state index is 11.2. The van der Waals surface area contributed by atoms with Gasteiger partial charge in [0.2, 0.25) is 5.91 Å². The summed E-state index contributed by atoms with van der Waals surface area (Å²) in [7, 11) is 3.38. The normalized spacial score (nSPS) is 10.2. The highest BCUT2D eigenvalue weighted by Gasteiger charge is 2.07. The minimum absolute atomic E-state index is 0.105. The summed E-state index contributed by atoms with van der Waals surface area (Å²) in [4.78, 5) is 19.7. The van der Waals surface area contributed by atoms with Gasteiger partial charge in [-0.3, -0.25) is 4.79 Å². The van der Waals surface area contributed by atoms with Crippen molar-refractivity contribution in [2.75, 3.05) is 31.3 Å². The summed E-state index contributed by atoms with van der Waals surface area (Å²) in [5, 5.41) is 8.44. The van der Waals surface area contributed by atoms with Crippen LogP contribution in [0.1, 0.15) is 0 Å². The molecule has 2 aromatic heterocycles. The van der Waals surface area contributed by atoms with Crippen molar-refractivity contribution < 1.29 is 4.79 Å². The number of aromatic nitrogens is 3. The van der Waals surface area contributed by atoms with Crippen molar-refractivity contribution in [3.63, 3.8) is 0 Å². The lowest BCUT2D eigenvalue weighted by atomic mass is 10.5. The zero-order chi connectivity index (χ0) is 12.3. The molecule has 0 saturated heterocycles. The lowest BCUT2D eigenvalue weighted by Gasteiger charge is -2.08. The van der Waals surface area contributed by atoms with E-state index >= 15 is 0 Å². The standard InChI is InChI=1S/C10H14N6O/c1-11-7-6-16-4-3-13-10(16)9(15-7)14-5-8(17)12-2/h3-4,6,11H,5H2,1-2H3,(H,12,17)(H,14,15). The number of nitrogens with zero attached hydrogens (tertiary/aromatic N) is 3. The molecule has 2 rings (SSSR count). The van der Waals surface area contributed by atoms with Crippen LogP contribution in [-0.4, -0.2) is 40.9 Å². The molecule has 2 aromatic rings. The van der Waals surface area contributed by atoms with Gasteiger partial charge in [-0.15, -0.1) is 0 Å². The van der Waals surface area contributed by atoms with Crippen LogP contribution in [0.15, 0.2) is 18.6 Å². The van der Waals surface area contributed by atoms with Crippen molar-refractivity contribution in [1.29, 1.82) is 0 Å². The molecule has 0 aliphatic heterocycles. The molecule has 0 unspecified atom stereocenters. The molecule has 0 spiro atoms.